The van der Waals surface area contributed by atoms with Crippen LogP contribution in [0.2, 0.25) is 0 Å². The van der Waals surface area contributed by atoms with Gasteiger partial charge in [0.1, 0.15) is 0 Å². The van der Waals surface area contributed by atoms with Crippen LogP contribution in [-0.4, -0.2) is 38.9 Å². The summed E-state index contributed by atoms with van der Waals surface area (Å²) in [7, 11) is -1.72. The van der Waals surface area contributed by atoms with E-state index in [0.717, 1.165) is 19.3 Å². The second-order valence-corrected chi connectivity index (χ2v) is 7.27. The zero-order valence-corrected chi connectivity index (χ0v) is 13.3. The van der Waals surface area contributed by atoms with Crippen LogP contribution >= 0.6 is 0 Å². The highest BCUT2D eigenvalue weighted by Crippen LogP contribution is 2.27. The normalized spacial score (nSPS) is 20.1. The topological polar surface area (TPSA) is 73.2 Å². The smallest absolute Gasteiger partial charge is 0.243 e. The largest absolute Gasteiger partial charge is 0.318 e. The molecule has 21 heavy (non-hydrogen) atoms. The van der Waals surface area contributed by atoms with Gasteiger partial charge in [0.2, 0.25) is 10.0 Å². The van der Waals surface area contributed by atoms with E-state index in [2.05, 4.69) is 5.32 Å². The van der Waals surface area contributed by atoms with E-state index in [4.69, 9.17) is 5.26 Å². The quantitative estimate of drug-likeness (QED) is 0.917. The average Bonchev–Trinajstić information content (AvgIpc) is 2.48. The first-order valence-corrected chi connectivity index (χ1v) is 8.62. The zero-order valence-electron chi connectivity index (χ0n) is 12.5. The van der Waals surface area contributed by atoms with Crippen LogP contribution in [0.25, 0.3) is 0 Å². The minimum absolute atomic E-state index is 0.0149. The molecule has 1 fully saturated rings. The molecule has 0 spiro atoms. The average molecular weight is 307 g/mol. The Labute approximate surface area is 126 Å². The molecular weight excluding hydrogens is 286 g/mol. The van der Waals surface area contributed by atoms with E-state index in [1.807, 2.05) is 13.1 Å². The molecule has 1 atom stereocenters. The number of aryl methyl sites for hydroxylation is 1. The van der Waals surface area contributed by atoms with Gasteiger partial charge in [-0.05, 0) is 44.5 Å². The van der Waals surface area contributed by atoms with Crippen LogP contribution in [0.1, 0.15) is 30.4 Å². The van der Waals surface area contributed by atoms with Crippen molar-refractivity contribution in [3.8, 4) is 6.07 Å². The van der Waals surface area contributed by atoms with E-state index in [0.29, 0.717) is 24.2 Å². The third-order valence-electron chi connectivity index (χ3n) is 3.92. The molecule has 1 aliphatic rings. The van der Waals surface area contributed by atoms with Crippen LogP contribution in [-0.2, 0) is 10.0 Å². The van der Waals surface area contributed by atoms with Gasteiger partial charge in [-0.3, -0.25) is 0 Å². The molecule has 1 aliphatic heterocycles. The summed E-state index contributed by atoms with van der Waals surface area (Å²) in [5, 5.41) is 12.1. The van der Waals surface area contributed by atoms with Crippen molar-refractivity contribution >= 4 is 10.0 Å². The molecule has 0 radical (unpaired) electrons. The number of nitrogens with zero attached hydrogens (tertiary/aromatic N) is 2. The summed E-state index contributed by atoms with van der Waals surface area (Å²) in [5.74, 6) is 0. The molecule has 0 saturated carbocycles. The zero-order chi connectivity index (χ0) is 15.5. The maximum absolute atomic E-state index is 13.0. The lowest BCUT2D eigenvalue weighted by Crippen LogP contribution is -2.48. The number of hydrogen-bond acceptors (Lipinski definition) is 4. The van der Waals surface area contributed by atoms with Crippen molar-refractivity contribution in [3.63, 3.8) is 0 Å². The number of likely N-dealkylation sites (N-methyl/N-ethyl adjacent to an activating group) is 1. The van der Waals surface area contributed by atoms with Crippen LogP contribution in [0.15, 0.2) is 23.1 Å². The van der Waals surface area contributed by atoms with Crippen molar-refractivity contribution in [1.82, 2.24) is 9.62 Å². The highest BCUT2D eigenvalue weighted by Gasteiger charge is 2.33. The van der Waals surface area contributed by atoms with Gasteiger partial charge in [0.05, 0.1) is 16.5 Å². The van der Waals surface area contributed by atoms with Gasteiger partial charge in [0.15, 0.2) is 0 Å². The summed E-state index contributed by atoms with van der Waals surface area (Å²) in [6, 6.07) is 6.82. The van der Waals surface area contributed by atoms with Gasteiger partial charge in [-0.25, -0.2) is 8.42 Å². The molecule has 6 heteroatoms. The first-order chi connectivity index (χ1) is 10.0. The van der Waals surface area contributed by atoms with E-state index in [-0.39, 0.29) is 10.9 Å². The van der Waals surface area contributed by atoms with Crippen molar-refractivity contribution in [2.45, 2.75) is 37.1 Å². The molecule has 1 unspecified atom stereocenters. The van der Waals surface area contributed by atoms with Gasteiger partial charge >= 0.3 is 0 Å². The SMILES string of the molecule is CNCC1CCCCN1S(=O)(=O)c1cc(C#N)ccc1C. The molecule has 1 heterocycles. The molecule has 0 bridgehead atoms. The lowest BCUT2D eigenvalue weighted by atomic mass is 10.1. The van der Waals surface area contributed by atoms with Gasteiger partial charge in [-0.1, -0.05) is 12.5 Å². The summed E-state index contributed by atoms with van der Waals surface area (Å²) in [5.41, 5.74) is 1.06. The molecular formula is C15H21N3O2S. The Morgan fingerprint density at radius 3 is 2.86 bits per heavy atom. The van der Waals surface area contributed by atoms with E-state index in [1.54, 1.807) is 23.4 Å². The summed E-state index contributed by atoms with van der Waals surface area (Å²) in [6.07, 6.45) is 2.81. The maximum Gasteiger partial charge on any atom is 0.243 e. The van der Waals surface area contributed by atoms with Crippen LogP contribution < -0.4 is 5.32 Å². The van der Waals surface area contributed by atoms with Gasteiger partial charge < -0.3 is 5.32 Å². The van der Waals surface area contributed by atoms with Gasteiger partial charge in [0, 0.05) is 19.1 Å². The van der Waals surface area contributed by atoms with Gasteiger partial charge in [-0.2, -0.15) is 9.57 Å². The lowest BCUT2D eigenvalue weighted by molar-refractivity contribution is 0.249. The molecule has 0 aliphatic carbocycles. The van der Waals surface area contributed by atoms with Crippen molar-refractivity contribution in [2.24, 2.45) is 0 Å². The molecule has 0 amide bonds. The Hall–Kier alpha value is -1.42. The van der Waals surface area contributed by atoms with E-state index >= 15 is 0 Å². The minimum Gasteiger partial charge on any atom is -0.318 e. The minimum atomic E-state index is -3.55. The molecule has 2 rings (SSSR count). The highest BCUT2D eigenvalue weighted by atomic mass is 32.2. The molecule has 1 saturated heterocycles. The summed E-state index contributed by atoms with van der Waals surface area (Å²) >= 11 is 0. The summed E-state index contributed by atoms with van der Waals surface area (Å²) in [4.78, 5) is 0.254. The first-order valence-electron chi connectivity index (χ1n) is 7.18. The Bertz CT molecular complexity index is 647. The highest BCUT2D eigenvalue weighted by molar-refractivity contribution is 7.89. The Balaban J connectivity index is 2.43. The fourth-order valence-electron chi connectivity index (χ4n) is 2.80. The maximum atomic E-state index is 13.0. The van der Waals surface area contributed by atoms with Crippen LogP contribution in [0.3, 0.4) is 0 Å². The fourth-order valence-corrected chi connectivity index (χ4v) is 4.75. The first kappa shape index (κ1) is 16.0. The number of rotatable bonds is 4. The Morgan fingerprint density at radius 2 is 2.19 bits per heavy atom. The summed E-state index contributed by atoms with van der Waals surface area (Å²) < 4.78 is 27.5. The third kappa shape index (κ3) is 3.26. The number of nitrogens with one attached hydrogen (secondary N) is 1. The predicted molar refractivity (Wildman–Crippen MR) is 81.4 cm³/mol. The monoisotopic (exact) mass is 307 g/mol. The van der Waals surface area contributed by atoms with Crippen molar-refractivity contribution in [3.05, 3.63) is 29.3 Å². The summed E-state index contributed by atoms with van der Waals surface area (Å²) in [6.45, 7) is 2.96. The van der Waals surface area contributed by atoms with Crippen LogP contribution in [0.5, 0.6) is 0 Å². The van der Waals surface area contributed by atoms with Crippen molar-refractivity contribution in [1.29, 1.82) is 5.26 Å². The number of hydrogen-bond donors (Lipinski definition) is 1. The second kappa shape index (κ2) is 6.56. The fraction of sp³-hybridized carbons (Fsp3) is 0.533. The van der Waals surface area contributed by atoms with E-state index in [9.17, 15) is 8.42 Å². The number of nitriles is 1. The van der Waals surface area contributed by atoms with Crippen molar-refractivity contribution < 1.29 is 8.42 Å². The molecule has 1 N–H and O–H groups in total. The number of sulfonamides is 1. The van der Waals surface area contributed by atoms with Crippen LogP contribution in [0, 0.1) is 18.3 Å². The molecule has 114 valence electrons. The van der Waals surface area contributed by atoms with Crippen LogP contribution in [0.4, 0.5) is 0 Å². The van der Waals surface area contributed by atoms with E-state index < -0.39 is 10.0 Å². The molecule has 5 nitrogen and oxygen atoms in total. The second-order valence-electron chi connectivity index (χ2n) is 5.42. The lowest BCUT2D eigenvalue weighted by Gasteiger charge is -2.35. The van der Waals surface area contributed by atoms with Gasteiger partial charge in [-0.15, -0.1) is 0 Å². The predicted octanol–water partition coefficient (Wildman–Crippen LogP) is 1.63. The molecule has 0 aromatic heterocycles. The number of benzene rings is 1. The van der Waals surface area contributed by atoms with Gasteiger partial charge in [0.25, 0.3) is 0 Å². The molecule has 1 aromatic rings. The Morgan fingerprint density at radius 1 is 1.43 bits per heavy atom. The van der Waals surface area contributed by atoms with Crippen molar-refractivity contribution in [2.75, 3.05) is 20.1 Å². The van der Waals surface area contributed by atoms with E-state index in [1.165, 1.54) is 6.07 Å². The standard InChI is InChI=1S/C15H21N3O2S/c1-12-6-7-13(10-16)9-15(12)21(19,20)18-8-4-3-5-14(18)11-17-2/h6-7,9,14,17H,3-5,8,11H2,1-2H3. The molecule has 1 aromatic carbocycles. The number of piperidine rings is 1. The third-order valence-corrected chi connectivity index (χ3v) is 6.01. The Kier molecular flexibility index (Phi) is 4.99.